The largest absolute Gasteiger partial charge is 0.465 e. The number of ether oxygens (including phenoxy) is 2. The van der Waals surface area contributed by atoms with Crippen molar-refractivity contribution in [3.63, 3.8) is 0 Å². The van der Waals surface area contributed by atoms with E-state index in [1.165, 1.54) is 7.11 Å². The second-order valence-corrected chi connectivity index (χ2v) is 4.71. The topological polar surface area (TPSA) is 52.6 Å². The Morgan fingerprint density at radius 2 is 1.68 bits per heavy atom. The summed E-state index contributed by atoms with van der Waals surface area (Å²) in [7, 11) is 1.31. The molecule has 4 nitrogen and oxygen atoms in total. The summed E-state index contributed by atoms with van der Waals surface area (Å²) in [5, 5.41) is 0. The first-order valence-electron chi connectivity index (χ1n) is 6.69. The fourth-order valence-electron chi connectivity index (χ4n) is 1.99. The molecule has 2 rings (SSSR count). The molecule has 0 heterocycles. The summed E-state index contributed by atoms with van der Waals surface area (Å²) in [6, 6.07) is 14.1. The van der Waals surface area contributed by atoms with Crippen molar-refractivity contribution in [3.05, 3.63) is 66.2 Å². The number of esters is 2. The zero-order valence-corrected chi connectivity index (χ0v) is 12.5. The normalized spacial score (nSPS) is 9.91. The summed E-state index contributed by atoms with van der Waals surface area (Å²) in [4.78, 5) is 23.8. The number of benzene rings is 2. The van der Waals surface area contributed by atoms with Crippen molar-refractivity contribution < 1.29 is 19.1 Å². The van der Waals surface area contributed by atoms with Gasteiger partial charge in [-0.05, 0) is 24.6 Å². The molecule has 0 aliphatic carbocycles. The number of methoxy groups -OCH3 is 1. The van der Waals surface area contributed by atoms with E-state index in [1.54, 1.807) is 25.1 Å². The number of carbonyl (C=O) groups excluding carboxylic acids is 2. The molecule has 0 bridgehead atoms. The van der Waals surface area contributed by atoms with Gasteiger partial charge in [0.2, 0.25) is 0 Å². The average Bonchev–Trinajstić information content (AvgIpc) is 2.54. The van der Waals surface area contributed by atoms with Crippen LogP contribution in [0.3, 0.4) is 0 Å². The van der Waals surface area contributed by atoms with Gasteiger partial charge in [0.1, 0.15) is 5.75 Å². The molecule has 0 fully saturated rings. The molecule has 22 heavy (non-hydrogen) atoms. The monoisotopic (exact) mass is 296 g/mol. The molecular weight excluding hydrogens is 280 g/mol. The van der Waals surface area contributed by atoms with Crippen molar-refractivity contribution in [3.8, 4) is 16.9 Å². The minimum absolute atomic E-state index is 0.280. The van der Waals surface area contributed by atoms with Gasteiger partial charge in [-0.25, -0.2) is 9.59 Å². The minimum Gasteiger partial charge on any atom is -0.465 e. The maximum atomic E-state index is 12.0. The Kier molecular flexibility index (Phi) is 4.73. The lowest BCUT2D eigenvalue weighted by molar-refractivity contribution is -0.130. The SMILES string of the molecule is C=C(C)C(=O)Oc1cccc(C(=O)OC)c1-c1ccccc1. The molecular formula is C18H16O4. The number of hydrogen-bond donors (Lipinski definition) is 0. The molecule has 4 heteroatoms. The van der Waals surface area contributed by atoms with Crippen LogP contribution in [0.25, 0.3) is 11.1 Å². The van der Waals surface area contributed by atoms with E-state index < -0.39 is 11.9 Å². The fourth-order valence-corrected chi connectivity index (χ4v) is 1.99. The molecule has 0 radical (unpaired) electrons. The third kappa shape index (κ3) is 3.23. The van der Waals surface area contributed by atoms with Gasteiger partial charge in [-0.3, -0.25) is 0 Å². The quantitative estimate of drug-likeness (QED) is 0.491. The van der Waals surface area contributed by atoms with Crippen LogP contribution in [0.5, 0.6) is 5.75 Å². The number of rotatable bonds is 4. The van der Waals surface area contributed by atoms with E-state index in [9.17, 15) is 9.59 Å². The molecule has 0 atom stereocenters. The fraction of sp³-hybridized carbons (Fsp3) is 0.111. The first kappa shape index (κ1) is 15.5. The number of carbonyl (C=O) groups is 2. The minimum atomic E-state index is -0.542. The Labute approximate surface area is 129 Å². The van der Waals surface area contributed by atoms with Gasteiger partial charge >= 0.3 is 11.9 Å². The van der Waals surface area contributed by atoms with Crippen LogP contribution in [0.4, 0.5) is 0 Å². The molecule has 2 aromatic carbocycles. The lowest BCUT2D eigenvalue weighted by Crippen LogP contribution is -2.11. The Morgan fingerprint density at radius 1 is 1.00 bits per heavy atom. The van der Waals surface area contributed by atoms with Gasteiger partial charge in [0, 0.05) is 11.1 Å². The molecule has 0 saturated heterocycles. The average molecular weight is 296 g/mol. The van der Waals surface area contributed by atoms with E-state index in [2.05, 4.69) is 6.58 Å². The molecule has 0 N–H and O–H groups in total. The Hall–Kier alpha value is -2.88. The Bertz CT molecular complexity index is 717. The second kappa shape index (κ2) is 6.72. The summed E-state index contributed by atoms with van der Waals surface area (Å²) in [6.45, 7) is 5.13. The van der Waals surface area contributed by atoms with Crippen molar-refractivity contribution >= 4 is 11.9 Å². The van der Waals surface area contributed by atoms with E-state index in [0.717, 1.165) is 5.56 Å². The summed E-state index contributed by atoms with van der Waals surface area (Å²) >= 11 is 0. The zero-order valence-electron chi connectivity index (χ0n) is 12.5. The van der Waals surface area contributed by atoms with Crippen LogP contribution in [0.2, 0.25) is 0 Å². The molecule has 0 aliphatic heterocycles. The van der Waals surface area contributed by atoms with Crippen LogP contribution >= 0.6 is 0 Å². The third-order valence-corrected chi connectivity index (χ3v) is 3.05. The Morgan fingerprint density at radius 3 is 2.27 bits per heavy atom. The van der Waals surface area contributed by atoms with Crippen LogP contribution in [0.1, 0.15) is 17.3 Å². The molecule has 0 aromatic heterocycles. The van der Waals surface area contributed by atoms with Gasteiger partial charge in [-0.1, -0.05) is 43.0 Å². The molecule has 0 unspecified atom stereocenters. The van der Waals surface area contributed by atoms with Crippen molar-refractivity contribution in [2.75, 3.05) is 7.11 Å². The highest BCUT2D eigenvalue weighted by molar-refractivity contribution is 6.00. The standard InChI is InChI=1S/C18H16O4/c1-12(2)17(19)22-15-11-7-10-14(18(20)21-3)16(15)13-8-5-4-6-9-13/h4-11H,1H2,2-3H3. The number of hydrogen-bond acceptors (Lipinski definition) is 4. The molecule has 0 aliphatic rings. The van der Waals surface area contributed by atoms with Gasteiger partial charge in [-0.15, -0.1) is 0 Å². The van der Waals surface area contributed by atoms with Crippen molar-refractivity contribution in [2.24, 2.45) is 0 Å². The van der Waals surface area contributed by atoms with Crippen LogP contribution in [-0.2, 0) is 9.53 Å². The maximum absolute atomic E-state index is 12.0. The first-order valence-corrected chi connectivity index (χ1v) is 6.69. The van der Waals surface area contributed by atoms with E-state index in [-0.39, 0.29) is 5.57 Å². The van der Waals surface area contributed by atoms with Gasteiger partial charge in [0.05, 0.1) is 12.7 Å². The highest BCUT2D eigenvalue weighted by Gasteiger charge is 2.19. The summed E-state index contributed by atoms with van der Waals surface area (Å²) in [5.41, 5.74) is 1.89. The highest BCUT2D eigenvalue weighted by atomic mass is 16.5. The molecule has 0 saturated carbocycles. The van der Waals surface area contributed by atoms with Gasteiger partial charge in [0.25, 0.3) is 0 Å². The zero-order chi connectivity index (χ0) is 16.1. The van der Waals surface area contributed by atoms with Gasteiger partial charge < -0.3 is 9.47 Å². The van der Waals surface area contributed by atoms with Crippen LogP contribution in [0.15, 0.2) is 60.7 Å². The predicted molar refractivity (Wildman–Crippen MR) is 83.7 cm³/mol. The summed E-state index contributed by atoms with van der Waals surface area (Å²) < 4.78 is 10.2. The molecule has 112 valence electrons. The van der Waals surface area contributed by atoms with Crippen LogP contribution in [0, 0.1) is 0 Å². The summed E-state index contributed by atoms with van der Waals surface area (Å²) in [6.07, 6.45) is 0. The summed E-state index contributed by atoms with van der Waals surface area (Å²) in [5.74, 6) is -0.742. The molecule has 0 amide bonds. The van der Waals surface area contributed by atoms with E-state index in [0.29, 0.717) is 16.9 Å². The maximum Gasteiger partial charge on any atom is 0.338 e. The second-order valence-electron chi connectivity index (χ2n) is 4.71. The van der Waals surface area contributed by atoms with E-state index in [4.69, 9.17) is 9.47 Å². The predicted octanol–water partition coefficient (Wildman–Crippen LogP) is 3.62. The third-order valence-electron chi connectivity index (χ3n) is 3.05. The van der Waals surface area contributed by atoms with E-state index in [1.807, 2.05) is 30.3 Å². The van der Waals surface area contributed by atoms with Crippen LogP contribution in [-0.4, -0.2) is 19.0 Å². The van der Waals surface area contributed by atoms with E-state index >= 15 is 0 Å². The van der Waals surface area contributed by atoms with Crippen molar-refractivity contribution in [1.82, 2.24) is 0 Å². The smallest absolute Gasteiger partial charge is 0.338 e. The lowest BCUT2D eigenvalue weighted by atomic mass is 9.98. The molecule has 0 spiro atoms. The highest BCUT2D eigenvalue weighted by Crippen LogP contribution is 2.34. The first-order chi connectivity index (χ1) is 10.5. The van der Waals surface area contributed by atoms with Gasteiger partial charge in [0.15, 0.2) is 0 Å². The lowest BCUT2D eigenvalue weighted by Gasteiger charge is -2.14. The Balaban J connectivity index is 2.61. The van der Waals surface area contributed by atoms with Gasteiger partial charge in [-0.2, -0.15) is 0 Å². The van der Waals surface area contributed by atoms with Crippen LogP contribution < -0.4 is 4.74 Å². The van der Waals surface area contributed by atoms with Crippen molar-refractivity contribution in [1.29, 1.82) is 0 Å². The van der Waals surface area contributed by atoms with Crippen molar-refractivity contribution in [2.45, 2.75) is 6.92 Å². The molecule has 2 aromatic rings.